The van der Waals surface area contributed by atoms with Gasteiger partial charge in [-0.15, -0.1) is 0 Å². The molecular formula is C19H24N8O14P2. The number of imidazole rings is 1. The smallest absolute Gasteiger partial charge is 0.386 e. The number of nitrogens with two attached hydrogens (primary N) is 2. The number of ether oxygens (including phenoxy) is 2. The van der Waals surface area contributed by atoms with Crippen molar-refractivity contribution in [3.8, 4) is 0 Å². The van der Waals surface area contributed by atoms with Crippen LogP contribution < -0.4 is 22.7 Å². The SMILES string of the molecule is Nc1ccn([C@@H]2O[C@@H]3COP(=O)(O)O[C@H]4[C@@H](O)[C@H](n5cnc6c(=O)[nH]c(N)nc65)O[C@@H]4COP(=O)(O)O[C@H]3[C@H]2O)c(=O)n1. The highest BCUT2D eigenvalue weighted by molar-refractivity contribution is 7.47. The summed E-state index contributed by atoms with van der Waals surface area (Å²) in [6.07, 6.45) is -10.9. The summed E-state index contributed by atoms with van der Waals surface area (Å²) in [7, 11) is -10.2. The molecule has 0 aliphatic carbocycles. The summed E-state index contributed by atoms with van der Waals surface area (Å²) < 4.78 is 59.6. The molecule has 3 aromatic rings. The molecule has 0 spiro atoms. The van der Waals surface area contributed by atoms with Gasteiger partial charge < -0.3 is 40.9 Å². The van der Waals surface area contributed by atoms with Crippen molar-refractivity contribution in [2.45, 2.75) is 49.1 Å². The van der Waals surface area contributed by atoms with Gasteiger partial charge in [-0.2, -0.15) is 9.97 Å². The van der Waals surface area contributed by atoms with E-state index in [1.54, 1.807) is 0 Å². The number of hydrogen-bond donors (Lipinski definition) is 7. The van der Waals surface area contributed by atoms with Crippen LogP contribution in [0.2, 0.25) is 0 Å². The van der Waals surface area contributed by atoms with Gasteiger partial charge in [0, 0.05) is 6.20 Å². The first-order chi connectivity index (χ1) is 20.2. The number of nitrogens with zero attached hydrogens (tertiary/aromatic N) is 5. The molecule has 0 saturated carbocycles. The van der Waals surface area contributed by atoms with E-state index in [0.29, 0.717) is 0 Å². The predicted molar refractivity (Wildman–Crippen MR) is 137 cm³/mol. The Morgan fingerprint density at radius 3 is 2.02 bits per heavy atom. The van der Waals surface area contributed by atoms with Crippen molar-refractivity contribution in [3.05, 3.63) is 39.4 Å². The second kappa shape index (κ2) is 10.8. The maximum Gasteiger partial charge on any atom is 0.472 e. The Bertz CT molecular complexity index is 1760. The van der Waals surface area contributed by atoms with Crippen LogP contribution in [0.3, 0.4) is 0 Å². The normalized spacial score (nSPS) is 38.7. The number of hydrogen-bond acceptors (Lipinski definition) is 17. The first-order valence-corrected chi connectivity index (χ1v) is 15.3. The zero-order valence-corrected chi connectivity index (χ0v) is 23.2. The summed E-state index contributed by atoms with van der Waals surface area (Å²) in [6, 6.07) is 1.22. The Kier molecular flexibility index (Phi) is 7.52. The molecule has 24 heteroatoms. The van der Waals surface area contributed by atoms with E-state index in [-0.39, 0.29) is 22.9 Å². The Labute approximate surface area is 237 Å². The van der Waals surface area contributed by atoms with Crippen LogP contribution in [0.25, 0.3) is 11.2 Å². The quantitative estimate of drug-likeness (QED) is 0.137. The van der Waals surface area contributed by atoms with E-state index in [1.165, 1.54) is 6.07 Å². The zero-order chi connectivity index (χ0) is 30.8. The minimum absolute atomic E-state index is 0.118. The van der Waals surface area contributed by atoms with Crippen molar-refractivity contribution in [1.82, 2.24) is 29.1 Å². The highest BCUT2D eigenvalue weighted by Gasteiger charge is 2.54. The Morgan fingerprint density at radius 1 is 0.907 bits per heavy atom. The van der Waals surface area contributed by atoms with Gasteiger partial charge in [0.25, 0.3) is 5.56 Å². The van der Waals surface area contributed by atoms with Crippen molar-refractivity contribution in [3.63, 3.8) is 0 Å². The molecule has 3 aliphatic rings. The van der Waals surface area contributed by atoms with Gasteiger partial charge in [-0.25, -0.2) is 18.9 Å². The van der Waals surface area contributed by atoms with E-state index >= 15 is 0 Å². The fourth-order valence-electron chi connectivity index (χ4n) is 4.88. The van der Waals surface area contributed by atoms with Crippen LogP contribution in [0.4, 0.5) is 11.8 Å². The van der Waals surface area contributed by atoms with Crippen molar-refractivity contribution in [2.75, 3.05) is 24.7 Å². The molecule has 234 valence electrons. The summed E-state index contributed by atoms with van der Waals surface area (Å²) in [6.45, 7) is -1.74. The number of fused-ring (bicyclic) bond motifs is 3. The number of phosphoric acid groups is 2. The van der Waals surface area contributed by atoms with Crippen LogP contribution in [0, 0.1) is 0 Å². The van der Waals surface area contributed by atoms with Crippen molar-refractivity contribution >= 4 is 38.6 Å². The van der Waals surface area contributed by atoms with E-state index < -0.39 is 89.2 Å². The third-order valence-electron chi connectivity index (χ3n) is 6.78. The topological polar surface area (TPSA) is 321 Å². The second-order valence-electron chi connectivity index (χ2n) is 9.60. The first-order valence-electron chi connectivity index (χ1n) is 12.3. The van der Waals surface area contributed by atoms with Gasteiger partial charge in [0.15, 0.2) is 23.6 Å². The summed E-state index contributed by atoms with van der Waals surface area (Å²) in [5, 5.41) is 21.9. The highest BCUT2D eigenvalue weighted by atomic mass is 31.2. The van der Waals surface area contributed by atoms with Crippen LogP contribution in [-0.4, -0.2) is 98.9 Å². The van der Waals surface area contributed by atoms with Crippen LogP contribution in [-0.2, 0) is 36.7 Å². The number of aromatic amines is 1. The average Bonchev–Trinajstić information content (AvgIpc) is 3.56. The zero-order valence-electron chi connectivity index (χ0n) is 21.4. The maximum atomic E-state index is 13.0. The van der Waals surface area contributed by atoms with Crippen LogP contribution in [0.5, 0.6) is 0 Å². The highest BCUT2D eigenvalue weighted by Crippen LogP contribution is 2.53. The lowest BCUT2D eigenvalue weighted by Gasteiger charge is -2.27. The van der Waals surface area contributed by atoms with Gasteiger partial charge in [0.05, 0.1) is 19.5 Å². The van der Waals surface area contributed by atoms with E-state index in [2.05, 4.69) is 19.9 Å². The molecule has 6 rings (SSSR count). The number of anilines is 2. The van der Waals surface area contributed by atoms with Gasteiger partial charge in [-0.1, -0.05) is 0 Å². The lowest BCUT2D eigenvalue weighted by molar-refractivity contribution is -0.0675. The van der Waals surface area contributed by atoms with Crippen LogP contribution >= 0.6 is 15.6 Å². The summed E-state index contributed by atoms with van der Waals surface area (Å²) >= 11 is 0. The molecule has 9 N–H and O–H groups in total. The fourth-order valence-corrected chi connectivity index (χ4v) is 6.81. The molecule has 3 saturated heterocycles. The minimum atomic E-state index is -5.08. The maximum absolute atomic E-state index is 13.0. The van der Waals surface area contributed by atoms with Gasteiger partial charge in [-0.05, 0) is 6.07 Å². The summed E-state index contributed by atoms with van der Waals surface area (Å²) in [4.78, 5) is 59.1. The lowest BCUT2D eigenvalue weighted by Crippen LogP contribution is -2.39. The van der Waals surface area contributed by atoms with Crippen LogP contribution in [0.15, 0.2) is 28.2 Å². The largest absolute Gasteiger partial charge is 0.472 e. The van der Waals surface area contributed by atoms with Crippen molar-refractivity contribution in [2.24, 2.45) is 0 Å². The molecule has 2 unspecified atom stereocenters. The standard InChI is InChI=1S/C19H24N8O14P2/c20-8-1-2-26(19(31)23-8)16-10(28)12-6(38-16)3-36-43(34,35)41-13-7(4-37-42(32,33)40-12)39-17(11(13)29)27-5-22-9-14(27)24-18(21)25-15(9)30/h1-2,5-7,10-13,16-17,28-29H,3-4H2,(H,32,33)(H,34,35)(H2,20,23,31)(H3,21,24,25,30)/t6-,7-,10-,11-,12-,13-,16-,17-/m1/s1. The number of nitrogen functional groups attached to an aromatic ring is 2. The minimum Gasteiger partial charge on any atom is -0.386 e. The number of nitrogens with one attached hydrogen (secondary N) is 1. The molecule has 0 aromatic carbocycles. The first kappa shape index (κ1) is 29.9. The van der Waals surface area contributed by atoms with Gasteiger partial charge in [-0.3, -0.25) is 37.0 Å². The van der Waals surface area contributed by atoms with Crippen molar-refractivity contribution in [1.29, 1.82) is 0 Å². The average molecular weight is 650 g/mol. The molecule has 6 heterocycles. The second-order valence-corrected chi connectivity index (χ2v) is 12.4. The molecule has 3 aromatic heterocycles. The molecule has 0 amide bonds. The number of rotatable bonds is 2. The number of aliphatic hydroxyl groups is 2. The molecule has 22 nitrogen and oxygen atoms in total. The van der Waals surface area contributed by atoms with Gasteiger partial charge >= 0.3 is 21.3 Å². The Balaban J connectivity index is 1.28. The van der Waals surface area contributed by atoms with E-state index in [9.17, 15) is 38.7 Å². The Hall–Kier alpha value is -3.11. The van der Waals surface area contributed by atoms with E-state index in [1.807, 2.05) is 0 Å². The van der Waals surface area contributed by atoms with Crippen LogP contribution in [0.1, 0.15) is 12.5 Å². The molecule has 43 heavy (non-hydrogen) atoms. The molecular weight excluding hydrogens is 626 g/mol. The predicted octanol–water partition coefficient (Wildman–Crippen LogP) is -2.92. The molecule has 3 fully saturated rings. The monoisotopic (exact) mass is 650 g/mol. The van der Waals surface area contributed by atoms with E-state index in [0.717, 1.165) is 21.7 Å². The van der Waals surface area contributed by atoms with Gasteiger partial charge in [0.2, 0.25) is 5.95 Å². The van der Waals surface area contributed by atoms with Crippen molar-refractivity contribution < 1.29 is 56.7 Å². The Morgan fingerprint density at radius 2 is 1.47 bits per heavy atom. The summed E-state index contributed by atoms with van der Waals surface area (Å²) in [5.41, 5.74) is 9.17. The van der Waals surface area contributed by atoms with Gasteiger partial charge in [0.1, 0.15) is 42.4 Å². The third-order valence-corrected chi connectivity index (χ3v) is 8.75. The third kappa shape index (κ3) is 5.64. The number of aliphatic hydroxyl groups excluding tert-OH is 2. The molecule has 0 radical (unpaired) electrons. The summed E-state index contributed by atoms with van der Waals surface area (Å²) in [5.74, 6) is -0.405. The number of phosphoric ester groups is 2. The number of H-pyrrole nitrogens is 1. The lowest BCUT2D eigenvalue weighted by atomic mass is 10.1. The fraction of sp³-hybridized carbons (Fsp3) is 0.526. The number of aromatic nitrogens is 6. The molecule has 10 atom stereocenters. The van der Waals surface area contributed by atoms with E-state index in [4.69, 9.17) is 39.0 Å². The molecule has 3 aliphatic heterocycles. The molecule has 0 bridgehead atoms.